The fraction of sp³-hybridized carbons (Fsp3) is 0.125. The van der Waals surface area contributed by atoms with Crippen molar-refractivity contribution < 1.29 is 19.2 Å². The molecule has 0 radical (unpaired) electrons. The quantitative estimate of drug-likeness (QED) is 0.506. The Labute approximate surface area is 135 Å². The van der Waals surface area contributed by atoms with E-state index in [0.29, 0.717) is 10.5 Å². The van der Waals surface area contributed by atoms with Gasteiger partial charge < -0.3 is 9.73 Å². The third kappa shape index (κ3) is 3.10. The van der Waals surface area contributed by atoms with Gasteiger partial charge in [0.15, 0.2) is 5.76 Å². The van der Waals surface area contributed by atoms with Crippen molar-refractivity contribution in [2.45, 2.75) is 13.0 Å². The van der Waals surface area contributed by atoms with Gasteiger partial charge in [0.2, 0.25) is 0 Å². The van der Waals surface area contributed by atoms with E-state index in [0.717, 1.165) is 10.3 Å². The summed E-state index contributed by atoms with van der Waals surface area (Å²) >= 11 is 1.20. The summed E-state index contributed by atoms with van der Waals surface area (Å²) in [7, 11) is 0. The van der Waals surface area contributed by atoms with Gasteiger partial charge >= 0.3 is 0 Å². The number of rotatable bonds is 4. The van der Waals surface area contributed by atoms with E-state index in [-0.39, 0.29) is 17.7 Å². The molecule has 6 nitrogen and oxygen atoms in total. The van der Waals surface area contributed by atoms with E-state index in [4.69, 9.17) is 9.62 Å². The topological polar surface area (TPSA) is 91.6 Å². The normalized spacial score (nSPS) is 12.1. The fourth-order valence-corrected chi connectivity index (χ4v) is 3.10. The number of hydrogen-bond acceptors (Lipinski definition) is 5. The van der Waals surface area contributed by atoms with E-state index in [1.807, 2.05) is 25.1 Å². The number of para-hydroxylation sites is 1. The molecule has 3 aromatic rings. The lowest BCUT2D eigenvalue weighted by molar-refractivity contribution is 0.0711. The number of nitrogens with one attached hydrogen (secondary N) is 2. The smallest absolute Gasteiger partial charge is 0.287 e. The number of carbonyl (C=O) groups excluding carboxylic acids is 2. The van der Waals surface area contributed by atoms with Gasteiger partial charge in [0, 0.05) is 10.3 Å². The molecule has 7 heteroatoms. The minimum Gasteiger partial charge on any atom is -0.451 e. The van der Waals surface area contributed by atoms with Gasteiger partial charge in [0.05, 0.1) is 10.9 Å². The minimum absolute atomic E-state index is 0.239. The molecule has 2 aromatic heterocycles. The average Bonchev–Trinajstić information content (AvgIpc) is 3.20. The van der Waals surface area contributed by atoms with Crippen molar-refractivity contribution in [3.63, 3.8) is 0 Å². The molecular weight excluding hydrogens is 316 g/mol. The van der Waals surface area contributed by atoms with Gasteiger partial charge in [-0.15, -0.1) is 11.3 Å². The number of carbonyl (C=O) groups is 2. The van der Waals surface area contributed by atoms with Crippen molar-refractivity contribution in [1.82, 2.24) is 10.8 Å². The van der Waals surface area contributed by atoms with Crippen molar-refractivity contribution in [2.24, 2.45) is 0 Å². The molecule has 118 valence electrons. The molecule has 3 N–H and O–H groups in total. The summed E-state index contributed by atoms with van der Waals surface area (Å²) in [5, 5.41) is 12.3. The van der Waals surface area contributed by atoms with Gasteiger partial charge in [-0.3, -0.25) is 14.8 Å². The number of furan rings is 1. The van der Waals surface area contributed by atoms with Crippen LogP contribution in [-0.4, -0.2) is 17.0 Å². The maximum absolute atomic E-state index is 12.3. The zero-order valence-electron chi connectivity index (χ0n) is 12.2. The van der Waals surface area contributed by atoms with Crippen LogP contribution in [0.2, 0.25) is 0 Å². The minimum atomic E-state index is -0.572. The molecule has 3 rings (SSSR count). The Morgan fingerprint density at radius 3 is 2.70 bits per heavy atom. The van der Waals surface area contributed by atoms with Gasteiger partial charge in [0.25, 0.3) is 11.8 Å². The van der Waals surface area contributed by atoms with E-state index < -0.39 is 5.91 Å². The molecule has 1 aromatic carbocycles. The molecule has 2 amide bonds. The lowest BCUT2D eigenvalue weighted by atomic mass is 10.2. The van der Waals surface area contributed by atoms with Crippen LogP contribution in [-0.2, 0) is 0 Å². The predicted octanol–water partition coefficient (Wildman–Crippen LogP) is 3.10. The number of hydroxylamine groups is 1. The van der Waals surface area contributed by atoms with Crippen LogP contribution in [0.1, 0.15) is 38.1 Å². The highest BCUT2D eigenvalue weighted by atomic mass is 32.1. The third-order valence-electron chi connectivity index (χ3n) is 3.38. The van der Waals surface area contributed by atoms with Crippen LogP contribution < -0.4 is 10.8 Å². The molecular formula is C16H14N2O4S. The number of amides is 2. The first-order valence-corrected chi connectivity index (χ1v) is 7.73. The number of hydrogen-bond donors (Lipinski definition) is 3. The van der Waals surface area contributed by atoms with Gasteiger partial charge in [-0.1, -0.05) is 18.2 Å². The van der Waals surface area contributed by atoms with Gasteiger partial charge in [-0.2, -0.15) is 0 Å². The summed E-state index contributed by atoms with van der Waals surface area (Å²) in [6.07, 6.45) is 0. The highest BCUT2D eigenvalue weighted by Crippen LogP contribution is 2.24. The SMILES string of the molecule is C[C@@H](NC(=O)c1cc2ccccc2o1)c1ccc(C(=O)NO)s1. The van der Waals surface area contributed by atoms with Crippen molar-refractivity contribution in [2.75, 3.05) is 0 Å². The first-order valence-electron chi connectivity index (χ1n) is 6.92. The largest absolute Gasteiger partial charge is 0.451 e. The Morgan fingerprint density at radius 1 is 1.17 bits per heavy atom. The second kappa shape index (κ2) is 6.23. The summed E-state index contributed by atoms with van der Waals surface area (Å²) in [5.74, 6) is -0.657. The number of benzene rings is 1. The molecule has 0 saturated carbocycles. The van der Waals surface area contributed by atoms with Crippen molar-refractivity contribution >= 4 is 34.1 Å². The zero-order chi connectivity index (χ0) is 16.4. The second-order valence-corrected chi connectivity index (χ2v) is 6.10. The van der Waals surface area contributed by atoms with Crippen LogP contribution in [0.25, 0.3) is 11.0 Å². The monoisotopic (exact) mass is 330 g/mol. The first kappa shape index (κ1) is 15.3. The molecule has 0 spiro atoms. The Morgan fingerprint density at radius 2 is 1.96 bits per heavy atom. The summed E-state index contributed by atoms with van der Waals surface area (Å²) in [6, 6.07) is 12.1. The Balaban J connectivity index is 1.74. The summed E-state index contributed by atoms with van der Waals surface area (Å²) in [5.41, 5.74) is 2.24. The number of thiophene rings is 1. The maximum Gasteiger partial charge on any atom is 0.287 e. The fourth-order valence-electron chi connectivity index (χ4n) is 2.20. The molecule has 0 unspecified atom stereocenters. The standard InChI is InChI=1S/C16H14N2O4S/c1-9(13-6-7-14(23-13)16(20)18-21)17-15(19)12-8-10-4-2-3-5-11(10)22-12/h2-9,21H,1H3,(H,17,19)(H,18,20)/t9-/m1/s1. The summed E-state index contributed by atoms with van der Waals surface area (Å²) in [6.45, 7) is 1.81. The van der Waals surface area contributed by atoms with Crippen LogP contribution in [0.3, 0.4) is 0 Å². The predicted molar refractivity (Wildman–Crippen MR) is 85.7 cm³/mol. The highest BCUT2D eigenvalue weighted by Gasteiger charge is 2.18. The van der Waals surface area contributed by atoms with E-state index >= 15 is 0 Å². The molecule has 0 bridgehead atoms. The van der Waals surface area contributed by atoms with Gasteiger partial charge in [-0.25, -0.2) is 5.48 Å². The first-order chi connectivity index (χ1) is 11.1. The van der Waals surface area contributed by atoms with Crippen molar-refractivity contribution in [3.8, 4) is 0 Å². The average molecular weight is 330 g/mol. The molecule has 0 fully saturated rings. The van der Waals surface area contributed by atoms with E-state index in [1.165, 1.54) is 11.3 Å². The van der Waals surface area contributed by atoms with Crippen LogP contribution >= 0.6 is 11.3 Å². The van der Waals surface area contributed by atoms with Gasteiger partial charge in [0.1, 0.15) is 5.58 Å². The maximum atomic E-state index is 12.3. The Bertz CT molecular complexity index is 835. The van der Waals surface area contributed by atoms with Crippen molar-refractivity contribution in [3.05, 3.63) is 58.0 Å². The van der Waals surface area contributed by atoms with Crippen LogP contribution in [0.5, 0.6) is 0 Å². The molecule has 0 saturated heterocycles. The summed E-state index contributed by atoms with van der Waals surface area (Å²) in [4.78, 5) is 24.8. The molecule has 0 aliphatic rings. The van der Waals surface area contributed by atoms with E-state index in [2.05, 4.69) is 5.32 Å². The zero-order valence-corrected chi connectivity index (χ0v) is 13.0. The molecule has 23 heavy (non-hydrogen) atoms. The van der Waals surface area contributed by atoms with E-state index in [9.17, 15) is 9.59 Å². The van der Waals surface area contributed by atoms with Crippen LogP contribution in [0.15, 0.2) is 46.9 Å². The lowest BCUT2D eigenvalue weighted by Gasteiger charge is -2.10. The van der Waals surface area contributed by atoms with E-state index in [1.54, 1.807) is 29.7 Å². The molecule has 1 atom stereocenters. The van der Waals surface area contributed by atoms with Crippen LogP contribution in [0, 0.1) is 0 Å². The lowest BCUT2D eigenvalue weighted by Crippen LogP contribution is -2.25. The van der Waals surface area contributed by atoms with Gasteiger partial charge in [-0.05, 0) is 31.2 Å². The second-order valence-electron chi connectivity index (χ2n) is 4.99. The van der Waals surface area contributed by atoms with Crippen molar-refractivity contribution in [1.29, 1.82) is 0 Å². The molecule has 0 aliphatic carbocycles. The summed E-state index contributed by atoms with van der Waals surface area (Å²) < 4.78 is 5.52. The Hall–Kier alpha value is -2.64. The molecule has 0 aliphatic heterocycles. The third-order valence-corrected chi connectivity index (χ3v) is 4.64. The highest BCUT2D eigenvalue weighted by molar-refractivity contribution is 7.14. The number of fused-ring (bicyclic) bond motifs is 1. The Kier molecular flexibility index (Phi) is 4.14. The van der Waals surface area contributed by atoms with Crippen LogP contribution in [0.4, 0.5) is 0 Å². The molecule has 2 heterocycles.